The predicted octanol–water partition coefficient (Wildman–Crippen LogP) is -1.54. The van der Waals surface area contributed by atoms with Gasteiger partial charge in [0.25, 0.3) is 0 Å². The number of hydrogen-bond acceptors (Lipinski definition) is 23. The number of amides is 1. The highest BCUT2D eigenvalue weighted by molar-refractivity contribution is 7.99. The van der Waals surface area contributed by atoms with Crippen molar-refractivity contribution in [2.45, 2.75) is 109 Å². The van der Waals surface area contributed by atoms with Crippen LogP contribution in [-0.2, 0) is 99.9 Å². The molecule has 0 aliphatic carbocycles. The molecule has 0 aromatic heterocycles. The number of hydrogen-bond donors (Lipinski definition) is 2. The van der Waals surface area contributed by atoms with Crippen molar-refractivity contribution in [2.75, 3.05) is 71.7 Å². The molecule has 3 N–H and O–H groups in total. The summed E-state index contributed by atoms with van der Waals surface area (Å²) in [6.45, 7) is 8.11. The molecule has 23 nitrogen and oxygen atoms in total. The fourth-order valence-electron chi connectivity index (χ4n) is 5.71. The van der Waals surface area contributed by atoms with Crippen LogP contribution in [0.5, 0.6) is 0 Å². The van der Waals surface area contributed by atoms with Crippen LogP contribution in [0.1, 0.15) is 48.5 Å². The average Bonchev–Trinajstić information content (AvgIpc) is 3.14. The molecule has 1 amide bonds. The standard InChI is InChI=1S/C36H56N2O21S/c1-19(39)50-16-26-29(52-21(3)41)31(53-22(4)42)33(55-24(6)44)35(57-26)59-30-27(17-51-20(2)40)58-36(34(56-25(7)45)32(30)54-23(5)43)60-15-9-38-28(46)18-49-14-13-48-12-11-47-10-8-37/h26-27,29-36H,8-18,37H2,1-7H3,(H,38,46)/t26?,27?,29-,30+,31?,32?,33?,34?,35-,36-/m0/s1. The number of ether oxygens (including phenoxy) is 13. The molecule has 6 unspecified atom stereocenters. The molecule has 342 valence electrons. The topological polar surface area (TPSA) is 295 Å². The lowest BCUT2D eigenvalue weighted by Crippen LogP contribution is -2.66. The summed E-state index contributed by atoms with van der Waals surface area (Å²) >= 11 is 1.04. The Hall–Kier alpha value is -4.17. The van der Waals surface area contributed by atoms with Crippen molar-refractivity contribution in [3.63, 3.8) is 0 Å². The predicted molar refractivity (Wildman–Crippen MR) is 200 cm³/mol. The van der Waals surface area contributed by atoms with Crippen molar-refractivity contribution in [3.8, 4) is 0 Å². The number of esters is 7. The summed E-state index contributed by atoms with van der Waals surface area (Å²) in [6.07, 6.45) is -14.0. The van der Waals surface area contributed by atoms with E-state index in [1.807, 2.05) is 0 Å². The molecule has 0 spiro atoms. The number of nitrogens with two attached hydrogens (primary N) is 1. The van der Waals surface area contributed by atoms with E-state index < -0.39 is 121 Å². The third kappa shape index (κ3) is 19.5. The van der Waals surface area contributed by atoms with E-state index in [9.17, 15) is 38.4 Å². The van der Waals surface area contributed by atoms with E-state index in [-0.39, 0.29) is 32.1 Å². The summed E-state index contributed by atoms with van der Waals surface area (Å²) in [5.74, 6) is -6.19. The molecule has 0 aromatic rings. The molecule has 2 rings (SSSR count). The van der Waals surface area contributed by atoms with Crippen molar-refractivity contribution in [3.05, 3.63) is 0 Å². The van der Waals surface area contributed by atoms with Crippen LogP contribution >= 0.6 is 11.8 Å². The Balaban J connectivity index is 2.40. The van der Waals surface area contributed by atoms with Gasteiger partial charge in [-0.15, -0.1) is 11.8 Å². The molecule has 24 heteroatoms. The minimum atomic E-state index is -1.81. The summed E-state index contributed by atoms with van der Waals surface area (Å²) in [5, 5.41) is 2.68. The zero-order valence-corrected chi connectivity index (χ0v) is 35.4. The molecular formula is C36H56N2O21S. The zero-order valence-electron chi connectivity index (χ0n) is 34.6. The average molecular weight is 885 g/mol. The molecule has 0 aromatic carbocycles. The van der Waals surface area contributed by atoms with Gasteiger partial charge in [-0.05, 0) is 0 Å². The summed E-state index contributed by atoms with van der Waals surface area (Å²) in [6, 6.07) is 0. The van der Waals surface area contributed by atoms with Gasteiger partial charge < -0.3 is 72.6 Å². The highest BCUT2D eigenvalue weighted by atomic mass is 32.2. The number of nitrogens with one attached hydrogen (secondary N) is 1. The Morgan fingerprint density at radius 3 is 1.50 bits per heavy atom. The first kappa shape index (κ1) is 52.0. The Bertz CT molecular complexity index is 1440. The maximum Gasteiger partial charge on any atom is 0.303 e. The van der Waals surface area contributed by atoms with Crippen molar-refractivity contribution in [1.82, 2.24) is 5.32 Å². The van der Waals surface area contributed by atoms with Gasteiger partial charge in [-0.1, -0.05) is 0 Å². The largest absolute Gasteiger partial charge is 0.463 e. The third-order valence-electron chi connectivity index (χ3n) is 7.83. The molecule has 0 saturated carbocycles. The van der Waals surface area contributed by atoms with Gasteiger partial charge in [0.15, 0.2) is 36.8 Å². The van der Waals surface area contributed by atoms with Gasteiger partial charge in [-0.2, -0.15) is 0 Å². The summed E-state index contributed by atoms with van der Waals surface area (Å²) in [7, 11) is 0. The fraction of sp³-hybridized carbons (Fsp3) is 0.778. The van der Waals surface area contributed by atoms with Crippen LogP contribution in [0.4, 0.5) is 0 Å². The monoisotopic (exact) mass is 884 g/mol. The van der Waals surface area contributed by atoms with E-state index in [4.69, 9.17) is 67.3 Å². The molecule has 2 heterocycles. The Labute approximate surface area is 350 Å². The van der Waals surface area contributed by atoms with E-state index in [0.717, 1.165) is 60.2 Å². The Kier molecular flexibility index (Phi) is 23.9. The van der Waals surface area contributed by atoms with Crippen LogP contribution in [0.2, 0.25) is 0 Å². The van der Waals surface area contributed by atoms with Gasteiger partial charge in [-0.25, -0.2) is 0 Å². The molecule has 0 bridgehead atoms. The lowest BCUT2D eigenvalue weighted by Gasteiger charge is -2.48. The molecule has 0 radical (unpaired) electrons. The van der Waals surface area contributed by atoms with E-state index in [1.165, 1.54) is 0 Å². The van der Waals surface area contributed by atoms with Gasteiger partial charge >= 0.3 is 41.8 Å². The molecule has 10 atom stereocenters. The second-order valence-electron chi connectivity index (χ2n) is 12.9. The van der Waals surface area contributed by atoms with Crippen LogP contribution < -0.4 is 11.1 Å². The number of thioether (sulfide) groups is 1. The van der Waals surface area contributed by atoms with Crippen molar-refractivity contribution >= 4 is 59.5 Å². The molecule has 2 aliphatic heterocycles. The van der Waals surface area contributed by atoms with Gasteiger partial charge in [0.2, 0.25) is 5.91 Å². The van der Waals surface area contributed by atoms with Gasteiger partial charge in [0, 0.05) is 67.3 Å². The maximum atomic E-state index is 12.6. The van der Waals surface area contributed by atoms with Crippen molar-refractivity contribution in [1.29, 1.82) is 0 Å². The lowest BCUT2D eigenvalue weighted by atomic mass is 9.96. The van der Waals surface area contributed by atoms with Crippen LogP contribution in [0.3, 0.4) is 0 Å². The summed E-state index contributed by atoms with van der Waals surface area (Å²) < 4.78 is 72.7. The van der Waals surface area contributed by atoms with Crippen molar-refractivity contribution in [2.24, 2.45) is 5.73 Å². The van der Waals surface area contributed by atoms with Gasteiger partial charge in [0.1, 0.15) is 43.6 Å². The SMILES string of the molecule is CC(=O)OCC1O[C@@H](SCCNC(=O)COCCOCCOCCN)C(OC(C)=O)C(OC(C)=O)[C@@H]1O[C@@H]1OC(COC(C)=O)[C@H](OC(C)=O)C(OC(C)=O)C1OC(C)=O. The minimum Gasteiger partial charge on any atom is -0.463 e. The van der Waals surface area contributed by atoms with Crippen LogP contribution in [0.15, 0.2) is 0 Å². The van der Waals surface area contributed by atoms with E-state index in [0.29, 0.717) is 26.4 Å². The normalized spacial score (nSPS) is 26.1. The maximum absolute atomic E-state index is 12.6. The minimum absolute atomic E-state index is 0.0754. The van der Waals surface area contributed by atoms with Crippen LogP contribution in [0.25, 0.3) is 0 Å². The van der Waals surface area contributed by atoms with E-state index in [1.54, 1.807) is 0 Å². The fourth-order valence-corrected chi connectivity index (χ4v) is 6.78. The van der Waals surface area contributed by atoms with E-state index >= 15 is 0 Å². The Morgan fingerprint density at radius 2 is 0.983 bits per heavy atom. The number of carbonyl (C=O) groups excluding carboxylic acids is 8. The highest BCUT2D eigenvalue weighted by Crippen LogP contribution is 2.37. The second kappa shape index (κ2) is 27.6. The van der Waals surface area contributed by atoms with Gasteiger partial charge in [-0.3, -0.25) is 38.4 Å². The third-order valence-corrected chi connectivity index (χ3v) is 8.98. The molecule has 2 saturated heterocycles. The van der Waals surface area contributed by atoms with Gasteiger partial charge in [0.05, 0.1) is 33.0 Å². The zero-order chi connectivity index (χ0) is 44.8. The highest BCUT2D eigenvalue weighted by Gasteiger charge is 2.57. The van der Waals surface area contributed by atoms with Crippen LogP contribution in [-0.4, -0.2) is 180 Å². The summed E-state index contributed by atoms with van der Waals surface area (Å²) in [5.41, 5.74) is 4.21. The first-order valence-electron chi connectivity index (χ1n) is 18.8. The smallest absolute Gasteiger partial charge is 0.303 e. The van der Waals surface area contributed by atoms with Crippen molar-refractivity contribution < 1.29 is 99.9 Å². The number of carbonyl (C=O) groups is 8. The van der Waals surface area contributed by atoms with E-state index in [2.05, 4.69) is 5.32 Å². The first-order valence-corrected chi connectivity index (χ1v) is 19.9. The first-order chi connectivity index (χ1) is 28.4. The molecule has 2 fully saturated rings. The summed E-state index contributed by atoms with van der Waals surface area (Å²) in [4.78, 5) is 98.4. The Morgan fingerprint density at radius 1 is 0.533 bits per heavy atom. The molecule has 2 aliphatic rings. The molecular weight excluding hydrogens is 828 g/mol. The number of rotatable bonds is 25. The second-order valence-corrected chi connectivity index (χ2v) is 14.2. The molecule has 60 heavy (non-hydrogen) atoms. The lowest BCUT2D eigenvalue weighted by molar-refractivity contribution is -0.341. The van der Waals surface area contributed by atoms with Crippen LogP contribution in [0, 0.1) is 0 Å². The quantitative estimate of drug-likeness (QED) is 0.0597.